The van der Waals surface area contributed by atoms with E-state index in [0.29, 0.717) is 11.3 Å². The van der Waals surface area contributed by atoms with Crippen molar-refractivity contribution in [1.29, 1.82) is 0 Å². The van der Waals surface area contributed by atoms with Gasteiger partial charge in [0.05, 0.1) is 13.7 Å². The first kappa shape index (κ1) is 16.5. The highest BCUT2D eigenvalue weighted by Gasteiger charge is 2.27. The van der Waals surface area contributed by atoms with Gasteiger partial charge in [-0.05, 0) is 37.1 Å². The van der Waals surface area contributed by atoms with Gasteiger partial charge < -0.3 is 9.47 Å². The van der Waals surface area contributed by atoms with Gasteiger partial charge >= 0.3 is 6.18 Å². The Balaban J connectivity index is 2.60. The Morgan fingerprint density at radius 2 is 1.75 bits per heavy atom. The molecule has 0 saturated heterocycles. The number of rotatable bonds is 6. The largest absolute Gasteiger partial charge is 0.496 e. The van der Waals surface area contributed by atoms with Crippen molar-refractivity contribution in [2.24, 2.45) is 0 Å². The number of alkyl halides is 3. The van der Waals surface area contributed by atoms with Crippen LogP contribution in [0.3, 0.4) is 0 Å². The molecule has 1 aromatic rings. The Morgan fingerprint density at radius 1 is 1.20 bits per heavy atom. The molecule has 0 bridgehead atoms. The second kappa shape index (κ2) is 6.74. The Bertz CT molecular complexity index is 458. The molecule has 1 rings (SSSR count). The molecule has 0 saturated carbocycles. The topological polar surface area (TPSA) is 35.5 Å². The first-order chi connectivity index (χ1) is 9.24. The summed E-state index contributed by atoms with van der Waals surface area (Å²) in [4.78, 5) is 11.9. The zero-order valence-electron chi connectivity index (χ0n) is 11.6. The smallest absolute Gasteiger partial charge is 0.411 e. The first-order valence-electron chi connectivity index (χ1n) is 6.07. The van der Waals surface area contributed by atoms with E-state index in [-0.39, 0.29) is 18.8 Å². The Kier molecular flexibility index (Phi) is 5.56. The summed E-state index contributed by atoms with van der Waals surface area (Å²) >= 11 is 0. The summed E-state index contributed by atoms with van der Waals surface area (Å²) in [5, 5.41) is 0. The van der Waals surface area contributed by atoms with Crippen molar-refractivity contribution in [3.63, 3.8) is 0 Å². The zero-order chi connectivity index (χ0) is 15.3. The van der Waals surface area contributed by atoms with Gasteiger partial charge in [0, 0.05) is 12.0 Å². The highest BCUT2D eigenvalue weighted by Crippen LogP contribution is 2.25. The van der Waals surface area contributed by atoms with Crippen molar-refractivity contribution in [1.82, 2.24) is 0 Å². The van der Waals surface area contributed by atoms with Crippen LogP contribution in [0.4, 0.5) is 13.2 Å². The van der Waals surface area contributed by atoms with Gasteiger partial charge in [-0.15, -0.1) is 0 Å². The van der Waals surface area contributed by atoms with Crippen molar-refractivity contribution in [2.45, 2.75) is 26.4 Å². The fourth-order valence-electron chi connectivity index (χ4n) is 1.93. The molecule has 0 radical (unpaired) electrons. The quantitative estimate of drug-likeness (QED) is 0.594. The minimum atomic E-state index is -4.36. The molecule has 0 aliphatic heterocycles. The summed E-state index contributed by atoms with van der Waals surface area (Å²) in [5.74, 6) is 0.455. The summed E-state index contributed by atoms with van der Waals surface area (Å²) in [6.45, 7) is 2.04. The number of carbonyl (C=O) groups is 1. The van der Waals surface area contributed by atoms with Gasteiger partial charge in [0.1, 0.15) is 12.4 Å². The molecule has 0 N–H and O–H groups in total. The minimum absolute atomic E-state index is 0.0821. The third kappa shape index (κ3) is 4.85. The SMILES string of the molecule is COc1c(C)cc(C(=O)CCOCC(F)(F)F)cc1C. The highest BCUT2D eigenvalue weighted by molar-refractivity contribution is 5.96. The lowest BCUT2D eigenvalue weighted by molar-refractivity contribution is -0.173. The molecule has 0 unspecified atom stereocenters. The zero-order valence-corrected chi connectivity index (χ0v) is 11.6. The molecule has 0 atom stereocenters. The van der Waals surface area contributed by atoms with E-state index >= 15 is 0 Å². The molecule has 0 amide bonds. The van der Waals surface area contributed by atoms with Gasteiger partial charge in [-0.3, -0.25) is 4.79 Å². The molecule has 3 nitrogen and oxygen atoms in total. The predicted octanol–water partition coefficient (Wildman–Crippen LogP) is 3.46. The fourth-order valence-corrected chi connectivity index (χ4v) is 1.93. The summed E-state index contributed by atoms with van der Waals surface area (Å²) in [6, 6.07) is 3.33. The molecule has 0 heterocycles. The molecular weight excluding hydrogens is 273 g/mol. The monoisotopic (exact) mass is 290 g/mol. The van der Waals surface area contributed by atoms with Crippen molar-refractivity contribution < 1.29 is 27.4 Å². The van der Waals surface area contributed by atoms with E-state index in [1.165, 1.54) is 0 Å². The van der Waals surface area contributed by atoms with Crippen LogP contribution in [0, 0.1) is 13.8 Å². The van der Waals surface area contributed by atoms with Crippen molar-refractivity contribution in [3.05, 3.63) is 28.8 Å². The molecular formula is C14H17F3O3. The number of methoxy groups -OCH3 is 1. The normalized spacial score (nSPS) is 11.5. The van der Waals surface area contributed by atoms with Gasteiger partial charge in [0.15, 0.2) is 5.78 Å². The molecule has 0 aliphatic carbocycles. The summed E-state index contributed by atoms with van der Waals surface area (Å²) in [7, 11) is 1.54. The van der Waals surface area contributed by atoms with Crippen LogP contribution in [0.25, 0.3) is 0 Å². The number of Topliss-reactive ketones (excluding diaryl/α,β-unsaturated/α-hetero) is 1. The fraction of sp³-hybridized carbons (Fsp3) is 0.500. The minimum Gasteiger partial charge on any atom is -0.496 e. The lowest BCUT2D eigenvalue weighted by atomic mass is 10.0. The number of hydrogen-bond donors (Lipinski definition) is 0. The first-order valence-corrected chi connectivity index (χ1v) is 6.07. The van der Waals surface area contributed by atoms with E-state index in [1.54, 1.807) is 19.2 Å². The van der Waals surface area contributed by atoms with Gasteiger partial charge in [-0.25, -0.2) is 0 Å². The lowest BCUT2D eigenvalue weighted by Crippen LogP contribution is -2.18. The Morgan fingerprint density at radius 3 is 2.20 bits per heavy atom. The third-order valence-electron chi connectivity index (χ3n) is 2.73. The Hall–Kier alpha value is -1.56. The summed E-state index contributed by atoms with van der Waals surface area (Å²) in [6.07, 6.45) is -4.45. The van der Waals surface area contributed by atoms with E-state index in [9.17, 15) is 18.0 Å². The lowest BCUT2D eigenvalue weighted by Gasteiger charge is -2.11. The van der Waals surface area contributed by atoms with E-state index < -0.39 is 12.8 Å². The number of benzene rings is 1. The van der Waals surface area contributed by atoms with Crippen LogP contribution >= 0.6 is 0 Å². The standard InChI is InChI=1S/C14H17F3O3/c1-9-6-11(7-10(2)13(9)19-3)12(18)4-5-20-8-14(15,16)17/h6-7H,4-5,8H2,1-3H3. The maximum atomic E-state index is 11.9. The molecule has 0 spiro atoms. The van der Waals surface area contributed by atoms with Crippen LogP contribution < -0.4 is 4.74 Å². The highest BCUT2D eigenvalue weighted by atomic mass is 19.4. The molecule has 6 heteroatoms. The summed E-state index contributed by atoms with van der Waals surface area (Å²) in [5.41, 5.74) is 2.08. The second-order valence-corrected chi connectivity index (χ2v) is 4.48. The van der Waals surface area contributed by atoms with E-state index in [4.69, 9.17) is 4.74 Å². The Labute approximate surface area is 115 Å². The van der Waals surface area contributed by atoms with Crippen molar-refractivity contribution in [3.8, 4) is 5.75 Å². The van der Waals surface area contributed by atoms with Gasteiger partial charge in [0.2, 0.25) is 0 Å². The van der Waals surface area contributed by atoms with Crippen LogP contribution in [0.1, 0.15) is 27.9 Å². The van der Waals surface area contributed by atoms with Crippen LogP contribution in [0.15, 0.2) is 12.1 Å². The number of halogens is 3. The van der Waals surface area contributed by atoms with Gasteiger partial charge in [-0.1, -0.05) is 0 Å². The third-order valence-corrected chi connectivity index (χ3v) is 2.73. The number of carbonyl (C=O) groups excluding carboxylic acids is 1. The maximum absolute atomic E-state index is 11.9. The van der Waals surface area contributed by atoms with E-state index in [1.807, 2.05) is 13.8 Å². The van der Waals surface area contributed by atoms with Gasteiger partial charge in [0.25, 0.3) is 0 Å². The number of ether oxygens (including phenoxy) is 2. The average Bonchev–Trinajstić information content (AvgIpc) is 2.32. The van der Waals surface area contributed by atoms with Crippen LogP contribution in [-0.2, 0) is 4.74 Å². The van der Waals surface area contributed by atoms with Crippen LogP contribution in [0.2, 0.25) is 0 Å². The van der Waals surface area contributed by atoms with Gasteiger partial charge in [-0.2, -0.15) is 13.2 Å². The average molecular weight is 290 g/mol. The molecule has 1 aromatic carbocycles. The number of aryl methyl sites for hydroxylation is 2. The second-order valence-electron chi connectivity index (χ2n) is 4.48. The maximum Gasteiger partial charge on any atom is 0.411 e. The number of ketones is 1. The van der Waals surface area contributed by atoms with E-state index in [2.05, 4.69) is 4.74 Å². The van der Waals surface area contributed by atoms with Crippen molar-refractivity contribution >= 4 is 5.78 Å². The molecule has 0 aliphatic rings. The molecule has 0 aromatic heterocycles. The van der Waals surface area contributed by atoms with Crippen molar-refractivity contribution in [2.75, 3.05) is 20.3 Å². The predicted molar refractivity (Wildman–Crippen MR) is 68.3 cm³/mol. The summed E-state index contributed by atoms with van der Waals surface area (Å²) < 4.78 is 45.2. The number of hydrogen-bond acceptors (Lipinski definition) is 3. The van der Waals surface area contributed by atoms with Crippen LogP contribution in [-0.4, -0.2) is 32.3 Å². The molecule has 112 valence electrons. The molecule has 0 fully saturated rings. The van der Waals surface area contributed by atoms with E-state index in [0.717, 1.165) is 11.1 Å². The molecule has 20 heavy (non-hydrogen) atoms. The van der Waals surface area contributed by atoms with Crippen LogP contribution in [0.5, 0.6) is 5.75 Å².